The Bertz CT molecular complexity index is 1590. The smallest absolute Gasteiger partial charge is 0.236 e. The minimum atomic E-state index is -3.50. The molecule has 6 rings (SSSR count). The van der Waals surface area contributed by atoms with Crippen LogP contribution in [0.4, 0.5) is 0 Å². The summed E-state index contributed by atoms with van der Waals surface area (Å²) in [7, 11) is -3.50. The number of aromatic nitrogens is 3. The molecular weight excluding hydrogens is 500 g/mol. The Hall–Kier alpha value is -3.95. The Morgan fingerprint density at radius 1 is 0.947 bits per heavy atom. The van der Waals surface area contributed by atoms with E-state index in [1.807, 2.05) is 73.7 Å². The lowest BCUT2D eigenvalue weighted by Crippen LogP contribution is -2.36. The van der Waals surface area contributed by atoms with E-state index in [-0.39, 0.29) is 12.7 Å². The Kier molecular flexibility index (Phi) is 6.47. The van der Waals surface area contributed by atoms with Gasteiger partial charge in [-0.2, -0.15) is 4.31 Å². The van der Waals surface area contributed by atoms with Crippen molar-refractivity contribution in [3.05, 3.63) is 89.2 Å². The zero-order chi connectivity index (χ0) is 26.1. The highest BCUT2D eigenvalue weighted by atomic mass is 32.2. The van der Waals surface area contributed by atoms with Gasteiger partial charge in [-0.25, -0.2) is 13.4 Å². The molecule has 194 valence electrons. The summed E-state index contributed by atoms with van der Waals surface area (Å²) in [4.78, 5) is 13.3. The quantitative estimate of drug-likeness (QED) is 0.362. The molecule has 0 aliphatic carbocycles. The van der Waals surface area contributed by atoms with E-state index < -0.39 is 10.0 Å². The number of nitrogens with zero attached hydrogens (tertiary/aromatic N) is 3. The van der Waals surface area contributed by atoms with Crippen LogP contribution < -0.4 is 9.47 Å². The van der Waals surface area contributed by atoms with E-state index in [1.54, 1.807) is 10.4 Å². The molecule has 1 N–H and O–H groups in total. The van der Waals surface area contributed by atoms with Crippen molar-refractivity contribution in [3.63, 3.8) is 0 Å². The Morgan fingerprint density at radius 3 is 2.53 bits per heavy atom. The number of ether oxygens (including phenoxy) is 2. The van der Waals surface area contributed by atoms with Gasteiger partial charge in [-0.05, 0) is 61.7 Å². The van der Waals surface area contributed by atoms with Crippen molar-refractivity contribution < 1.29 is 17.9 Å². The third-order valence-corrected chi connectivity index (χ3v) is 8.51. The minimum Gasteiger partial charge on any atom is -0.454 e. The molecule has 9 heteroatoms. The van der Waals surface area contributed by atoms with Gasteiger partial charge in [0.25, 0.3) is 0 Å². The number of piperidine rings is 1. The van der Waals surface area contributed by atoms with Gasteiger partial charge in [0.15, 0.2) is 11.5 Å². The number of aromatic amines is 1. The lowest BCUT2D eigenvalue weighted by atomic mass is 9.97. The molecule has 1 fully saturated rings. The number of fused-ring (bicyclic) bond motifs is 1. The van der Waals surface area contributed by atoms with E-state index in [9.17, 15) is 8.42 Å². The van der Waals surface area contributed by atoms with Gasteiger partial charge in [0, 0.05) is 35.7 Å². The fourth-order valence-electron chi connectivity index (χ4n) is 4.90. The first-order chi connectivity index (χ1) is 18.5. The molecule has 2 aliphatic rings. The van der Waals surface area contributed by atoms with E-state index in [4.69, 9.17) is 19.4 Å². The average molecular weight is 529 g/mol. The summed E-state index contributed by atoms with van der Waals surface area (Å²) in [5.41, 5.74) is 5.11. The van der Waals surface area contributed by atoms with Crippen molar-refractivity contribution in [1.29, 1.82) is 0 Å². The molecule has 4 aromatic rings. The number of rotatable bonds is 6. The fourth-order valence-corrected chi connectivity index (χ4v) is 6.12. The minimum absolute atomic E-state index is 0.103. The van der Waals surface area contributed by atoms with E-state index in [1.165, 1.54) is 5.41 Å². The molecule has 2 aromatic heterocycles. The molecular formula is C29H28N4O4S. The van der Waals surface area contributed by atoms with Crippen molar-refractivity contribution >= 4 is 16.1 Å². The zero-order valence-electron chi connectivity index (χ0n) is 21.0. The van der Waals surface area contributed by atoms with Gasteiger partial charge in [0.05, 0.1) is 17.1 Å². The van der Waals surface area contributed by atoms with Gasteiger partial charge in [-0.3, -0.25) is 4.98 Å². The van der Waals surface area contributed by atoms with Gasteiger partial charge in [0.1, 0.15) is 5.82 Å². The van der Waals surface area contributed by atoms with Crippen molar-refractivity contribution in [2.45, 2.75) is 25.7 Å². The first kappa shape index (κ1) is 24.4. The molecule has 0 saturated carbocycles. The number of sulfonamides is 1. The molecule has 8 nitrogen and oxygen atoms in total. The first-order valence-corrected chi connectivity index (χ1v) is 14.1. The lowest BCUT2D eigenvalue weighted by Gasteiger charge is -2.29. The van der Waals surface area contributed by atoms with Crippen LogP contribution in [-0.2, 0) is 10.0 Å². The summed E-state index contributed by atoms with van der Waals surface area (Å²) in [6.45, 7) is 3.04. The second kappa shape index (κ2) is 10.1. The molecule has 0 amide bonds. The summed E-state index contributed by atoms with van der Waals surface area (Å²) in [6.07, 6.45) is 2.99. The number of aryl methyl sites for hydroxylation is 1. The van der Waals surface area contributed by atoms with Gasteiger partial charge in [-0.1, -0.05) is 36.4 Å². The number of benzene rings is 2. The molecule has 2 aliphatic heterocycles. The summed E-state index contributed by atoms with van der Waals surface area (Å²) in [5, 5.41) is 1.30. The molecule has 4 heterocycles. The predicted octanol–water partition coefficient (Wildman–Crippen LogP) is 5.36. The summed E-state index contributed by atoms with van der Waals surface area (Å²) in [6, 6.07) is 21.2. The number of nitrogens with one attached hydrogen (secondary N) is 1. The molecule has 1 saturated heterocycles. The van der Waals surface area contributed by atoms with E-state index >= 15 is 0 Å². The maximum atomic E-state index is 12.9. The summed E-state index contributed by atoms with van der Waals surface area (Å²) >= 11 is 0. The van der Waals surface area contributed by atoms with Crippen molar-refractivity contribution in [2.75, 3.05) is 19.9 Å². The predicted molar refractivity (Wildman–Crippen MR) is 146 cm³/mol. The van der Waals surface area contributed by atoms with Gasteiger partial charge >= 0.3 is 0 Å². The number of imidazole rings is 1. The van der Waals surface area contributed by atoms with Crippen LogP contribution in [0.1, 0.15) is 35.8 Å². The highest BCUT2D eigenvalue weighted by Gasteiger charge is 2.30. The average Bonchev–Trinajstić information content (AvgIpc) is 3.60. The van der Waals surface area contributed by atoms with E-state index in [0.29, 0.717) is 31.7 Å². The van der Waals surface area contributed by atoms with Crippen LogP contribution in [0, 0.1) is 6.92 Å². The zero-order valence-corrected chi connectivity index (χ0v) is 21.8. The number of pyridine rings is 1. The highest BCUT2D eigenvalue weighted by Crippen LogP contribution is 2.39. The molecule has 0 bridgehead atoms. The molecule has 0 spiro atoms. The second-order valence-electron chi connectivity index (χ2n) is 9.51. The van der Waals surface area contributed by atoms with Crippen LogP contribution in [-0.4, -0.2) is 47.6 Å². The van der Waals surface area contributed by atoms with Crippen LogP contribution in [0.5, 0.6) is 11.5 Å². The monoisotopic (exact) mass is 528 g/mol. The highest BCUT2D eigenvalue weighted by molar-refractivity contribution is 7.92. The van der Waals surface area contributed by atoms with Gasteiger partial charge in [-0.15, -0.1) is 0 Å². The van der Waals surface area contributed by atoms with Crippen molar-refractivity contribution in [1.82, 2.24) is 19.3 Å². The van der Waals surface area contributed by atoms with Gasteiger partial charge < -0.3 is 14.5 Å². The molecule has 2 aromatic carbocycles. The molecule has 0 atom stereocenters. The number of H-pyrrole nitrogens is 1. The van der Waals surface area contributed by atoms with Crippen molar-refractivity contribution in [3.8, 4) is 34.1 Å². The maximum absolute atomic E-state index is 12.9. The normalized spacial score (nSPS) is 16.3. The Balaban J connectivity index is 1.25. The van der Waals surface area contributed by atoms with Crippen LogP contribution in [0.3, 0.4) is 0 Å². The maximum Gasteiger partial charge on any atom is 0.236 e. The Morgan fingerprint density at radius 2 is 1.74 bits per heavy atom. The topological polar surface area (TPSA) is 97.4 Å². The van der Waals surface area contributed by atoms with Crippen LogP contribution in [0.25, 0.3) is 28.7 Å². The van der Waals surface area contributed by atoms with E-state index in [0.717, 1.165) is 45.5 Å². The van der Waals surface area contributed by atoms with Crippen LogP contribution in [0.2, 0.25) is 0 Å². The third-order valence-electron chi connectivity index (χ3n) is 6.95. The SMILES string of the molecule is Cc1cccc(-c2[nH]c(C3CCN(S(=O)(=O)C=Cc4ccccc4)CC3)nc2-c2ccc3c(c2)OCO3)n1. The molecule has 38 heavy (non-hydrogen) atoms. The van der Waals surface area contributed by atoms with Crippen LogP contribution >= 0.6 is 0 Å². The summed E-state index contributed by atoms with van der Waals surface area (Å²) < 4.78 is 38.5. The van der Waals surface area contributed by atoms with Crippen LogP contribution in [0.15, 0.2) is 72.1 Å². The summed E-state index contributed by atoms with van der Waals surface area (Å²) in [5.74, 6) is 2.35. The standard InChI is InChI=1S/C29H28N4O4S/c1-20-6-5-9-24(30-20)28-27(23-10-11-25-26(18-23)37-19-36-25)31-29(32-28)22-12-15-33(16-13-22)38(34,35)17-14-21-7-3-2-4-8-21/h2-11,14,17-18,22H,12-13,15-16,19H2,1H3,(H,31,32). The lowest BCUT2D eigenvalue weighted by molar-refractivity contribution is 0.174. The second-order valence-corrected chi connectivity index (χ2v) is 11.3. The largest absolute Gasteiger partial charge is 0.454 e. The fraction of sp³-hybridized carbons (Fsp3) is 0.241. The first-order valence-electron chi connectivity index (χ1n) is 12.6. The third kappa shape index (κ3) is 4.94. The van der Waals surface area contributed by atoms with Gasteiger partial charge in [0.2, 0.25) is 16.8 Å². The Labute approximate surface area is 222 Å². The number of hydrogen-bond donors (Lipinski definition) is 1. The number of hydrogen-bond acceptors (Lipinski definition) is 6. The van der Waals surface area contributed by atoms with Crippen molar-refractivity contribution in [2.24, 2.45) is 0 Å². The molecule has 0 radical (unpaired) electrons. The van der Waals surface area contributed by atoms with E-state index in [2.05, 4.69) is 4.98 Å². The molecule has 0 unspecified atom stereocenters.